The number of hydrogen-bond acceptors (Lipinski definition) is 4. The smallest absolute Gasteiger partial charge is 0.223 e. The molecule has 1 fully saturated rings. The Balaban J connectivity index is 1.94. The van der Waals surface area contributed by atoms with E-state index >= 15 is 0 Å². The van der Waals surface area contributed by atoms with Crippen molar-refractivity contribution in [3.63, 3.8) is 0 Å². The van der Waals surface area contributed by atoms with Gasteiger partial charge in [0.1, 0.15) is 0 Å². The van der Waals surface area contributed by atoms with Gasteiger partial charge in [-0.1, -0.05) is 6.07 Å². The lowest BCUT2D eigenvalue weighted by Gasteiger charge is -2.26. The number of rotatable bonds is 7. The second-order valence-electron chi connectivity index (χ2n) is 5.14. The number of benzene rings is 1. The molecule has 22 heavy (non-hydrogen) atoms. The monoisotopic (exact) mass is 307 g/mol. The van der Waals surface area contributed by atoms with Crippen molar-refractivity contribution in [1.29, 1.82) is 0 Å². The van der Waals surface area contributed by atoms with Crippen LogP contribution in [0.3, 0.4) is 0 Å². The zero-order valence-corrected chi connectivity index (χ0v) is 13.5. The second kappa shape index (κ2) is 8.63. The largest absolute Gasteiger partial charge is 0.490 e. The fourth-order valence-electron chi connectivity index (χ4n) is 2.47. The summed E-state index contributed by atoms with van der Waals surface area (Å²) in [5.41, 5.74) is 1.09. The van der Waals surface area contributed by atoms with E-state index in [1.54, 1.807) is 0 Å². The Hall–Kier alpha value is -1.75. The van der Waals surface area contributed by atoms with Gasteiger partial charge in [-0.15, -0.1) is 0 Å². The first-order valence-electron chi connectivity index (χ1n) is 7.98. The van der Waals surface area contributed by atoms with Crippen molar-refractivity contribution in [3.8, 4) is 11.5 Å². The van der Waals surface area contributed by atoms with Gasteiger partial charge in [-0.05, 0) is 38.0 Å². The van der Waals surface area contributed by atoms with Crippen LogP contribution in [0.1, 0.15) is 25.8 Å². The number of hydrogen-bond donors (Lipinski definition) is 0. The van der Waals surface area contributed by atoms with Crippen molar-refractivity contribution in [2.75, 3.05) is 39.5 Å². The van der Waals surface area contributed by atoms with Crippen LogP contribution in [0.2, 0.25) is 0 Å². The number of morpholine rings is 1. The molecule has 1 amide bonds. The maximum atomic E-state index is 12.2. The summed E-state index contributed by atoms with van der Waals surface area (Å²) in [6.45, 7) is 7.78. The third-order valence-electron chi connectivity index (χ3n) is 3.60. The van der Waals surface area contributed by atoms with Gasteiger partial charge >= 0.3 is 0 Å². The van der Waals surface area contributed by atoms with Crippen LogP contribution in [0, 0.1) is 0 Å². The first-order chi connectivity index (χ1) is 10.7. The summed E-state index contributed by atoms with van der Waals surface area (Å²) in [6.07, 6.45) is 1.22. The van der Waals surface area contributed by atoms with Crippen molar-refractivity contribution in [2.24, 2.45) is 0 Å². The Morgan fingerprint density at radius 2 is 1.82 bits per heavy atom. The summed E-state index contributed by atoms with van der Waals surface area (Å²) in [4.78, 5) is 14.0. The highest BCUT2D eigenvalue weighted by Gasteiger charge is 2.16. The minimum Gasteiger partial charge on any atom is -0.490 e. The van der Waals surface area contributed by atoms with Crippen molar-refractivity contribution >= 4 is 5.91 Å². The minimum atomic E-state index is 0.190. The minimum absolute atomic E-state index is 0.190. The molecule has 1 aliphatic heterocycles. The van der Waals surface area contributed by atoms with Gasteiger partial charge in [0.05, 0.1) is 26.4 Å². The Morgan fingerprint density at radius 1 is 1.14 bits per heavy atom. The van der Waals surface area contributed by atoms with Crippen molar-refractivity contribution < 1.29 is 19.0 Å². The third-order valence-corrected chi connectivity index (χ3v) is 3.60. The average molecular weight is 307 g/mol. The number of carbonyl (C=O) groups is 1. The second-order valence-corrected chi connectivity index (χ2v) is 5.14. The molecule has 1 aromatic rings. The van der Waals surface area contributed by atoms with Crippen LogP contribution >= 0.6 is 0 Å². The summed E-state index contributed by atoms with van der Waals surface area (Å²) in [5.74, 6) is 1.70. The van der Waals surface area contributed by atoms with E-state index in [4.69, 9.17) is 14.2 Å². The van der Waals surface area contributed by atoms with E-state index in [1.807, 2.05) is 36.9 Å². The van der Waals surface area contributed by atoms with Crippen LogP contribution in [0.4, 0.5) is 0 Å². The topological polar surface area (TPSA) is 48.0 Å². The molecule has 2 rings (SSSR count). The summed E-state index contributed by atoms with van der Waals surface area (Å²) < 4.78 is 16.4. The molecule has 0 bridgehead atoms. The van der Waals surface area contributed by atoms with Crippen LogP contribution in [0.25, 0.3) is 0 Å². The van der Waals surface area contributed by atoms with Crippen LogP contribution in [0.5, 0.6) is 11.5 Å². The number of ether oxygens (including phenoxy) is 3. The molecular formula is C17H25NO4. The molecule has 0 spiro atoms. The zero-order valence-electron chi connectivity index (χ0n) is 13.5. The van der Waals surface area contributed by atoms with Crippen LogP contribution < -0.4 is 9.47 Å². The molecule has 0 aliphatic carbocycles. The molecule has 1 heterocycles. The van der Waals surface area contributed by atoms with E-state index in [9.17, 15) is 4.79 Å². The third kappa shape index (κ3) is 4.63. The molecule has 0 atom stereocenters. The number of aryl methyl sites for hydroxylation is 1. The van der Waals surface area contributed by atoms with E-state index in [0.717, 1.165) is 17.1 Å². The first-order valence-corrected chi connectivity index (χ1v) is 7.98. The SMILES string of the molecule is CCOc1ccc(CCC(=O)N2CCOCC2)cc1OCC. The predicted molar refractivity (Wildman–Crippen MR) is 84.5 cm³/mol. The lowest BCUT2D eigenvalue weighted by molar-refractivity contribution is -0.135. The first kappa shape index (κ1) is 16.6. The number of amides is 1. The summed E-state index contributed by atoms with van der Waals surface area (Å²) in [7, 11) is 0. The molecule has 0 aromatic heterocycles. The highest BCUT2D eigenvalue weighted by Crippen LogP contribution is 2.29. The van der Waals surface area contributed by atoms with Crippen molar-refractivity contribution in [3.05, 3.63) is 23.8 Å². The van der Waals surface area contributed by atoms with Crippen LogP contribution in [0.15, 0.2) is 18.2 Å². The van der Waals surface area contributed by atoms with Gasteiger partial charge in [-0.25, -0.2) is 0 Å². The molecule has 5 heteroatoms. The van der Waals surface area contributed by atoms with E-state index in [0.29, 0.717) is 52.4 Å². The molecule has 0 unspecified atom stereocenters. The maximum absolute atomic E-state index is 12.2. The molecule has 1 saturated heterocycles. The highest BCUT2D eigenvalue weighted by molar-refractivity contribution is 5.76. The molecule has 0 radical (unpaired) electrons. The van der Waals surface area contributed by atoms with E-state index < -0.39 is 0 Å². The zero-order chi connectivity index (χ0) is 15.8. The van der Waals surface area contributed by atoms with Gasteiger partial charge in [-0.2, -0.15) is 0 Å². The highest BCUT2D eigenvalue weighted by atomic mass is 16.5. The average Bonchev–Trinajstić information content (AvgIpc) is 2.56. The Morgan fingerprint density at radius 3 is 2.50 bits per heavy atom. The fourth-order valence-corrected chi connectivity index (χ4v) is 2.47. The Labute approximate surface area is 132 Å². The predicted octanol–water partition coefficient (Wildman–Crippen LogP) is 2.28. The number of carbonyl (C=O) groups excluding carboxylic acids is 1. The van der Waals surface area contributed by atoms with Gasteiger partial charge in [0, 0.05) is 19.5 Å². The number of nitrogens with zero attached hydrogens (tertiary/aromatic N) is 1. The lowest BCUT2D eigenvalue weighted by Crippen LogP contribution is -2.40. The summed E-state index contributed by atoms with van der Waals surface area (Å²) >= 11 is 0. The van der Waals surface area contributed by atoms with Gasteiger partial charge in [0.2, 0.25) is 5.91 Å². The molecule has 1 aromatic carbocycles. The summed E-state index contributed by atoms with van der Waals surface area (Å²) in [5, 5.41) is 0. The van der Waals surface area contributed by atoms with Crippen LogP contribution in [-0.4, -0.2) is 50.3 Å². The Bertz CT molecular complexity index is 484. The molecule has 0 N–H and O–H groups in total. The quantitative estimate of drug-likeness (QED) is 0.775. The molecule has 5 nitrogen and oxygen atoms in total. The Kier molecular flexibility index (Phi) is 6.52. The molecular weight excluding hydrogens is 282 g/mol. The standard InChI is InChI=1S/C17H25NO4/c1-3-21-15-7-5-14(13-16(15)22-4-2)6-8-17(19)18-9-11-20-12-10-18/h5,7,13H,3-4,6,8-12H2,1-2H3. The normalized spacial score (nSPS) is 14.7. The van der Waals surface area contributed by atoms with Crippen molar-refractivity contribution in [2.45, 2.75) is 26.7 Å². The van der Waals surface area contributed by atoms with Gasteiger partial charge in [0.25, 0.3) is 0 Å². The van der Waals surface area contributed by atoms with Gasteiger partial charge in [0.15, 0.2) is 11.5 Å². The fraction of sp³-hybridized carbons (Fsp3) is 0.588. The molecule has 122 valence electrons. The summed E-state index contributed by atoms with van der Waals surface area (Å²) in [6, 6.07) is 5.89. The van der Waals surface area contributed by atoms with E-state index in [-0.39, 0.29) is 5.91 Å². The van der Waals surface area contributed by atoms with Gasteiger partial charge in [-0.3, -0.25) is 4.79 Å². The van der Waals surface area contributed by atoms with E-state index in [1.165, 1.54) is 0 Å². The van der Waals surface area contributed by atoms with E-state index in [2.05, 4.69) is 0 Å². The maximum Gasteiger partial charge on any atom is 0.223 e. The van der Waals surface area contributed by atoms with Crippen LogP contribution in [-0.2, 0) is 16.0 Å². The van der Waals surface area contributed by atoms with Gasteiger partial charge < -0.3 is 19.1 Å². The molecule has 0 saturated carbocycles. The molecule has 1 aliphatic rings. The van der Waals surface area contributed by atoms with Crippen molar-refractivity contribution in [1.82, 2.24) is 4.90 Å². The lowest BCUT2D eigenvalue weighted by atomic mass is 10.1.